The molecule has 0 aliphatic carbocycles. The second-order valence-corrected chi connectivity index (χ2v) is 21.4. The summed E-state index contributed by atoms with van der Waals surface area (Å²) in [5.74, 6) is -1.46. The Morgan fingerprint density at radius 1 is 0.253 bits per heavy atom. The summed E-state index contributed by atoms with van der Waals surface area (Å²) in [5.41, 5.74) is 0. The Morgan fingerprint density at radius 2 is 0.410 bits per heavy atom. The summed E-state index contributed by atoms with van der Waals surface area (Å²) in [6, 6.07) is 0. The molecule has 0 spiro atoms. The van der Waals surface area contributed by atoms with E-state index in [9.17, 15) is 112 Å². The first kappa shape index (κ1) is 65.2. The van der Waals surface area contributed by atoms with Gasteiger partial charge in [0.2, 0.25) is 11.8 Å². The highest BCUT2D eigenvalue weighted by Gasteiger charge is 2.60. The van der Waals surface area contributed by atoms with Gasteiger partial charge in [0.05, 0.1) is 46.2 Å². The molecule has 478 valence electrons. The molecule has 0 radical (unpaired) electrons. The summed E-state index contributed by atoms with van der Waals surface area (Å²) in [5, 5.41) is 223. The van der Waals surface area contributed by atoms with Gasteiger partial charge in [0, 0.05) is 12.8 Å². The molecule has 0 unspecified atom stereocenters. The van der Waals surface area contributed by atoms with Crippen molar-refractivity contribution in [3.05, 3.63) is 0 Å². The van der Waals surface area contributed by atoms with E-state index in [4.69, 9.17) is 66.3 Å². The van der Waals surface area contributed by atoms with Crippen LogP contribution in [0.5, 0.6) is 0 Å². The van der Waals surface area contributed by atoms with E-state index in [1.807, 2.05) is 0 Å². The quantitative estimate of drug-likeness (QED) is 0.100. The van der Waals surface area contributed by atoms with Gasteiger partial charge in [0.25, 0.3) is 0 Å². The number of carbonyl (C=O) groups excluding carboxylic acids is 2. The Labute approximate surface area is 468 Å². The van der Waals surface area contributed by atoms with Crippen LogP contribution < -0.4 is 0 Å². The Hall–Kier alpha value is -2.22. The first-order valence-corrected chi connectivity index (χ1v) is 26.7. The highest BCUT2D eigenvalue weighted by molar-refractivity contribution is 6.01. The fraction of sp³-hybridized carbons (Fsp3) is 0.957. The molecule has 83 heavy (non-hydrogen) atoms. The maximum absolute atomic E-state index is 12.9. The summed E-state index contributed by atoms with van der Waals surface area (Å²) in [6.45, 7) is -7.22. The van der Waals surface area contributed by atoms with E-state index in [0.29, 0.717) is 4.90 Å². The summed E-state index contributed by atoms with van der Waals surface area (Å²) in [7, 11) is 0. The van der Waals surface area contributed by atoms with Crippen LogP contribution in [0.25, 0.3) is 0 Å². The summed E-state index contributed by atoms with van der Waals surface area (Å²) >= 11 is 0. The smallest absolute Gasteiger partial charge is 0.229 e. The third kappa shape index (κ3) is 12.7. The van der Waals surface area contributed by atoms with Crippen molar-refractivity contribution in [3.8, 4) is 0 Å². The normalized spacial score (nSPS) is 53.3. The number of likely N-dealkylation sites (tertiary alicyclic amines) is 1. The number of nitrogens with zero attached hydrogens (tertiary/aromatic N) is 1. The Morgan fingerprint density at radius 3 is 0.578 bits per heavy atom. The highest BCUT2D eigenvalue weighted by Crippen LogP contribution is 2.39. The van der Waals surface area contributed by atoms with Crippen LogP contribution in [0.4, 0.5) is 0 Å². The maximum Gasteiger partial charge on any atom is 0.229 e. The third-order valence-electron chi connectivity index (χ3n) is 16.1. The van der Waals surface area contributed by atoms with Gasteiger partial charge in [-0.05, 0) is 0 Å². The summed E-state index contributed by atoms with van der Waals surface area (Å²) < 4.78 is 80.5. The molecule has 22 aliphatic rings. The number of ether oxygens (including phenoxy) is 14. The monoisotopic (exact) mass is 1220 g/mol. The number of aliphatic hydroxyl groups is 20. The van der Waals surface area contributed by atoms with Crippen molar-refractivity contribution >= 4 is 11.8 Å². The summed E-state index contributed by atoms with van der Waals surface area (Å²) in [4.78, 5) is 26.5. The van der Waals surface area contributed by atoms with E-state index >= 15 is 0 Å². The second kappa shape index (κ2) is 27.3. The topological polar surface area (TPSA) is 571 Å². The van der Waals surface area contributed by atoms with E-state index in [0.717, 1.165) is 0 Å². The molecule has 22 heterocycles. The number of rotatable bonds is 8. The van der Waals surface area contributed by atoms with Crippen LogP contribution in [0.15, 0.2) is 0 Å². The maximum atomic E-state index is 12.9. The lowest BCUT2D eigenvalue weighted by atomic mass is 9.95. The average Bonchev–Trinajstić information content (AvgIpc) is 3.46. The lowest BCUT2D eigenvalue weighted by Gasteiger charge is -2.50. The van der Waals surface area contributed by atoms with Crippen molar-refractivity contribution in [3.63, 3.8) is 0 Å². The van der Waals surface area contributed by atoms with Gasteiger partial charge >= 0.3 is 0 Å². The minimum absolute atomic E-state index is 0.261. The molecule has 0 aromatic rings. The fourth-order valence-electron chi connectivity index (χ4n) is 11.4. The molecule has 37 heteroatoms. The van der Waals surface area contributed by atoms with Crippen molar-refractivity contribution in [2.24, 2.45) is 0 Å². The second-order valence-electron chi connectivity index (χ2n) is 21.4. The SMILES string of the molecule is O=C1CCC(=O)N1C[C@@H]1O[C@@H]2O[C@H]3[C@H](O)[C@H](O)[C@@H](O[C@H]4[C@@H](O)[C@H](O)[C@@H](O[C@H]5[C@H](O)[C@@H](O)[C@@H](O[C@H]6[C@H](O)[C@@H](O)[C@@H](O[C@H]7[C@H](O)[C@@H](O)[C@@H](O[C@H]8[C@H](O)[C@@H](O)[C@@H](O[C@H]1[C@H](O)[C@H]2O)O[C@H]8CO)O[C@H]7CO)O[C@H]6CO)O[C@@H]5CO)O[C@@H]4CO)O[C@@H]3CO. The number of aliphatic hydroxyl groups excluding tert-OH is 20. The molecule has 22 fully saturated rings. The van der Waals surface area contributed by atoms with Gasteiger partial charge in [0.1, 0.15) is 171 Å². The predicted molar refractivity (Wildman–Crippen MR) is 247 cm³/mol. The van der Waals surface area contributed by atoms with Crippen molar-refractivity contribution in [1.82, 2.24) is 4.90 Å². The minimum Gasteiger partial charge on any atom is -0.394 e. The molecule has 14 bridgehead atoms. The zero-order chi connectivity index (χ0) is 60.2. The van der Waals surface area contributed by atoms with E-state index in [2.05, 4.69) is 0 Å². The first-order valence-electron chi connectivity index (χ1n) is 26.7. The van der Waals surface area contributed by atoms with Gasteiger partial charge < -0.3 is 168 Å². The lowest BCUT2D eigenvalue weighted by Crippen LogP contribution is -2.68. The molecule has 0 aromatic carbocycles. The first-order chi connectivity index (χ1) is 39.5. The van der Waals surface area contributed by atoms with Crippen molar-refractivity contribution in [1.29, 1.82) is 0 Å². The van der Waals surface area contributed by atoms with Crippen LogP contribution in [0.2, 0.25) is 0 Å². The number of amides is 2. The highest BCUT2D eigenvalue weighted by atomic mass is 16.8. The Balaban J connectivity index is 1.02. The lowest BCUT2D eigenvalue weighted by molar-refractivity contribution is -0.396. The fourth-order valence-corrected chi connectivity index (χ4v) is 11.4. The van der Waals surface area contributed by atoms with Crippen molar-refractivity contribution in [2.45, 2.75) is 228 Å². The number of carbonyl (C=O) groups is 2. The minimum atomic E-state index is -2.29. The van der Waals surface area contributed by atoms with Crippen molar-refractivity contribution in [2.75, 3.05) is 46.2 Å². The van der Waals surface area contributed by atoms with Gasteiger partial charge in [-0.25, -0.2) is 0 Å². The zero-order valence-electron chi connectivity index (χ0n) is 43.5. The van der Waals surface area contributed by atoms with Gasteiger partial charge in [-0.1, -0.05) is 0 Å². The van der Waals surface area contributed by atoms with Crippen LogP contribution >= 0.6 is 0 Å². The largest absolute Gasteiger partial charge is 0.394 e. The Kier molecular flexibility index (Phi) is 21.4. The number of hydrogen-bond donors (Lipinski definition) is 20. The number of hydrogen-bond acceptors (Lipinski definition) is 36. The molecule has 22 rings (SSSR count). The molecule has 22 aliphatic heterocycles. The summed E-state index contributed by atoms with van der Waals surface area (Å²) in [6.07, 6.45) is -72.3. The van der Waals surface area contributed by atoms with Crippen LogP contribution in [-0.4, -0.2) is 380 Å². The molecular weight excluding hydrogens is 1140 g/mol. The van der Waals surface area contributed by atoms with Gasteiger partial charge in [-0.2, -0.15) is 0 Å². The van der Waals surface area contributed by atoms with Crippen LogP contribution in [-0.2, 0) is 75.9 Å². The van der Waals surface area contributed by atoms with Crippen LogP contribution in [0, 0.1) is 0 Å². The third-order valence-corrected chi connectivity index (χ3v) is 16.1. The molecule has 35 atom stereocenters. The molecule has 37 nitrogen and oxygen atoms in total. The van der Waals surface area contributed by atoms with Crippen LogP contribution in [0.1, 0.15) is 12.8 Å². The molecule has 0 saturated carbocycles. The van der Waals surface area contributed by atoms with E-state index in [1.54, 1.807) is 0 Å². The van der Waals surface area contributed by atoms with Gasteiger partial charge in [-0.15, -0.1) is 0 Å². The van der Waals surface area contributed by atoms with Crippen LogP contribution in [0.3, 0.4) is 0 Å². The Bertz CT molecular complexity index is 2090. The van der Waals surface area contributed by atoms with E-state index < -0.39 is 273 Å². The standard InChI is InChI=1S/C46H73NO36/c48-4-11-34-21(58)28(65)42(72-11)80-36-13(6-50)74-44(30(67)23(36)60)82-38-15(8-52)76-46(32(69)25(38)62)83-39-16(9-53)75-45(31(68)24(39)61)81-37-14(7-51)73-43(29(66)22(37)59)79-35-12(5-49)71-41(27(64)20(35)57)77-33-10(3-47-17(54)1-2-18(47)55)70-40(78-34)26(63)19(33)56/h10-16,19-46,48-53,56-69H,1-9H2/t10-,11+,12-,13+,14-,15+,16-,19+,20+,21+,22+,23-,24+,25+,26+,27+,28-,29+,30-,31+,32+,33+,34+,35+,36+,37+,38+,39+,40+,41+,42+,43+,44+,45+,46+/m0/s1. The zero-order valence-corrected chi connectivity index (χ0v) is 43.5. The number of imide groups is 1. The van der Waals surface area contributed by atoms with Gasteiger partial charge in [-0.3, -0.25) is 14.5 Å². The van der Waals surface area contributed by atoms with Crippen molar-refractivity contribution < 1.29 is 178 Å². The molecule has 2 amide bonds. The van der Waals surface area contributed by atoms with E-state index in [-0.39, 0.29) is 12.8 Å². The van der Waals surface area contributed by atoms with Gasteiger partial charge in [0.15, 0.2) is 44.0 Å². The molecule has 20 N–H and O–H groups in total. The molecule has 0 aromatic heterocycles. The average molecular weight is 1220 g/mol. The predicted octanol–water partition coefficient (Wildman–Crippen LogP) is -15.1. The molecule has 22 saturated heterocycles. The van der Waals surface area contributed by atoms with E-state index in [1.165, 1.54) is 0 Å². The molecular formula is C46H73NO36.